The lowest BCUT2D eigenvalue weighted by Crippen LogP contribution is -2.07. The Labute approximate surface area is 53.5 Å². The van der Waals surface area contributed by atoms with Crippen molar-refractivity contribution in [1.29, 1.82) is 0 Å². The van der Waals surface area contributed by atoms with Gasteiger partial charge in [0.25, 0.3) is 0 Å². The summed E-state index contributed by atoms with van der Waals surface area (Å²) in [5.41, 5.74) is 0. The Hall–Kier alpha value is 0.492. The van der Waals surface area contributed by atoms with Gasteiger partial charge in [-0.2, -0.15) is 0 Å². The summed E-state index contributed by atoms with van der Waals surface area (Å²) in [5.74, 6) is 0. The van der Waals surface area contributed by atoms with Crippen molar-refractivity contribution in [2.45, 2.75) is 25.2 Å². The molecule has 0 heterocycles. The van der Waals surface area contributed by atoms with Gasteiger partial charge in [0, 0.05) is 6.61 Å². The lowest BCUT2D eigenvalue weighted by atomic mass is 10.5. The summed E-state index contributed by atoms with van der Waals surface area (Å²) in [6.07, 6.45) is 1.11. The summed E-state index contributed by atoms with van der Waals surface area (Å²) >= 11 is 2.59. The van der Waals surface area contributed by atoms with E-state index in [1.54, 1.807) is 0 Å². The summed E-state index contributed by atoms with van der Waals surface area (Å²) in [7, 11) is 0. The van der Waals surface area contributed by atoms with Gasteiger partial charge in [-0.15, -0.1) is 0 Å². The van der Waals surface area contributed by atoms with E-state index in [1.807, 2.05) is 6.92 Å². The molecule has 0 rings (SSSR count). The predicted octanol–water partition coefficient (Wildman–Crippen LogP) is 0.927. The van der Waals surface area contributed by atoms with Gasteiger partial charge < -0.3 is 4.74 Å². The first-order valence-electron chi connectivity index (χ1n) is 2.64. The molecule has 40 valence electrons. The van der Waals surface area contributed by atoms with Crippen molar-refractivity contribution in [3.05, 3.63) is 0 Å². The van der Waals surface area contributed by atoms with Crippen LogP contribution >= 0.6 is 0 Å². The quantitative estimate of drug-likeness (QED) is 0.496. The highest BCUT2D eigenvalue weighted by Crippen LogP contribution is 1.84. The highest BCUT2D eigenvalue weighted by atomic mass is 27.0. The minimum atomic E-state index is 0.319. The molecule has 0 aliphatic heterocycles. The predicted molar refractivity (Wildman–Crippen MR) is 31.5 cm³/mol. The van der Waals surface area contributed by atoms with Gasteiger partial charge >= 0.3 is 0 Å². The first kappa shape index (κ1) is 7.49. The van der Waals surface area contributed by atoms with Gasteiger partial charge in [0.1, 0.15) is 0 Å². The van der Waals surface area contributed by atoms with Crippen LogP contribution in [0.5, 0.6) is 0 Å². The summed E-state index contributed by atoms with van der Waals surface area (Å²) in [6.45, 7) is 5.00. The first-order chi connectivity index (χ1) is 3.27. The molecule has 2 heteroatoms. The minimum absolute atomic E-state index is 0.319. The van der Waals surface area contributed by atoms with Crippen LogP contribution in [0.3, 0.4) is 0 Å². The van der Waals surface area contributed by atoms with Crippen molar-refractivity contribution >= 4 is 16.3 Å². The Kier molecular flexibility index (Phi) is 4.97. The van der Waals surface area contributed by atoms with E-state index in [-0.39, 0.29) is 0 Å². The third-order valence-electron chi connectivity index (χ3n) is 0.585. The fourth-order valence-corrected chi connectivity index (χ4v) is 0.440. The molecule has 0 bridgehead atoms. The summed E-state index contributed by atoms with van der Waals surface area (Å²) in [6, 6.07) is 0. The molecule has 0 saturated heterocycles. The summed E-state index contributed by atoms with van der Waals surface area (Å²) < 4.78 is 5.15. The zero-order valence-corrected chi connectivity index (χ0v) is 6.13. The van der Waals surface area contributed by atoms with Gasteiger partial charge in [0.05, 0.1) is 0 Å². The van der Waals surface area contributed by atoms with Crippen molar-refractivity contribution in [3.63, 3.8) is 0 Å². The Bertz CT molecular complexity index is 37.1. The molecule has 2 radical (unpaired) electrons. The van der Waals surface area contributed by atoms with Gasteiger partial charge in [-0.25, -0.2) is 0 Å². The molecule has 0 aromatic carbocycles. The van der Waals surface area contributed by atoms with Gasteiger partial charge in [-0.05, 0) is 11.4 Å². The molecule has 0 N–H and O–H groups in total. The number of ether oxygens (including phenoxy) is 1. The summed E-state index contributed by atoms with van der Waals surface area (Å²) in [4.78, 5) is 0.319. The van der Waals surface area contributed by atoms with Crippen LogP contribution in [-0.4, -0.2) is 27.9 Å². The van der Waals surface area contributed by atoms with Crippen molar-refractivity contribution in [1.82, 2.24) is 0 Å². The van der Waals surface area contributed by atoms with Gasteiger partial charge in [-0.1, -0.05) is 13.8 Å². The standard InChI is InChI=1S/C5H11O.Al/c1-3-5-6-4-2;/h4H,3,5H2,1-2H3;. The number of rotatable bonds is 3. The monoisotopic (exact) mass is 114 g/mol. The van der Waals surface area contributed by atoms with Crippen molar-refractivity contribution in [3.8, 4) is 0 Å². The molecule has 7 heavy (non-hydrogen) atoms. The maximum atomic E-state index is 5.15. The van der Waals surface area contributed by atoms with E-state index in [1.165, 1.54) is 0 Å². The van der Waals surface area contributed by atoms with E-state index >= 15 is 0 Å². The molecular formula is C5H11AlO. The van der Waals surface area contributed by atoms with Gasteiger partial charge in [0.15, 0.2) is 16.3 Å². The molecule has 1 nitrogen and oxygen atoms in total. The van der Waals surface area contributed by atoms with E-state index < -0.39 is 0 Å². The normalized spacial score (nSPS) is 14.0. The van der Waals surface area contributed by atoms with Crippen LogP contribution in [0.2, 0.25) is 0 Å². The highest BCUT2D eigenvalue weighted by Gasteiger charge is 1.86. The molecule has 0 aromatic heterocycles. The molecule has 0 spiro atoms. The zero-order valence-electron chi connectivity index (χ0n) is 4.98. The topological polar surface area (TPSA) is 9.23 Å². The third-order valence-corrected chi connectivity index (χ3v) is 0.777. The Morgan fingerprint density at radius 2 is 2.29 bits per heavy atom. The van der Waals surface area contributed by atoms with Crippen LogP contribution in [0.15, 0.2) is 0 Å². The van der Waals surface area contributed by atoms with Gasteiger partial charge in [0.2, 0.25) is 0 Å². The molecule has 0 aliphatic carbocycles. The highest BCUT2D eigenvalue weighted by molar-refractivity contribution is 6.10. The average Bonchev–Trinajstić information content (AvgIpc) is 1.61. The largest absolute Gasteiger partial charge is 0.396 e. The SMILES string of the molecule is CCCO[CH](C)[Al]. The average molecular weight is 114 g/mol. The number of hydrogen-bond donors (Lipinski definition) is 0. The Morgan fingerprint density at radius 3 is 2.43 bits per heavy atom. The van der Waals surface area contributed by atoms with Gasteiger partial charge in [-0.3, -0.25) is 0 Å². The molecule has 0 aromatic rings. The van der Waals surface area contributed by atoms with Crippen LogP contribution in [0.4, 0.5) is 0 Å². The van der Waals surface area contributed by atoms with E-state index in [2.05, 4.69) is 23.2 Å². The second-order valence-electron chi connectivity index (χ2n) is 1.58. The summed E-state index contributed by atoms with van der Waals surface area (Å²) in [5, 5.41) is 0. The van der Waals surface area contributed by atoms with Crippen LogP contribution in [0.1, 0.15) is 20.3 Å². The third kappa shape index (κ3) is 6.49. The Balaban J connectivity index is 2.68. The molecular weight excluding hydrogens is 103 g/mol. The van der Waals surface area contributed by atoms with Crippen LogP contribution < -0.4 is 0 Å². The van der Waals surface area contributed by atoms with Crippen LogP contribution in [0.25, 0.3) is 0 Å². The maximum absolute atomic E-state index is 5.15. The fourth-order valence-electron chi connectivity index (χ4n) is 0.304. The first-order valence-corrected chi connectivity index (χ1v) is 3.31. The van der Waals surface area contributed by atoms with Crippen LogP contribution in [-0.2, 0) is 4.74 Å². The van der Waals surface area contributed by atoms with E-state index in [0.29, 0.717) is 4.97 Å². The number of hydrogen-bond acceptors (Lipinski definition) is 1. The zero-order chi connectivity index (χ0) is 5.70. The molecule has 0 amide bonds. The van der Waals surface area contributed by atoms with Crippen LogP contribution in [0, 0.1) is 0 Å². The van der Waals surface area contributed by atoms with E-state index in [4.69, 9.17) is 4.74 Å². The second-order valence-corrected chi connectivity index (χ2v) is 2.51. The van der Waals surface area contributed by atoms with E-state index in [9.17, 15) is 0 Å². The molecule has 0 fully saturated rings. The molecule has 0 aliphatic rings. The lowest BCUT2D eigenvalue weighted by Gasteiger charge is -2.04. The lowest BCUT2D eigenvalue weighted by molar-refractivity contribution is 0.119. The molecule has 0 saturated carbocycles. The fraction of sp³-hybridized carbons (Fsp3) is 1.00. The van der Waals surface area contributed by atoms with Crippen molar-refractivity contribution < 1.29 is 4.74 Å². The second kappa shape index (κ2) is 4.65. The maximum Gasteiger partial charge on any atom is 0.170 e. The Morgan fingerprint density at radius 1 is 1.71 bits per heavy atom. The van der Waals surface area contributed by atoms with E-state index in [0.717, 1.165) is 13.0 Å². The molecule has 1 unspecified atom stereocenters. The van der Waals surface area contributed by atoms with Crippen molar-refractivity contribution in [2.24, 2.45) is 0 Å². The van der Waals surface area contributed by atoms with Crippen molar-refractivity contribution in [2.75, 3.05) is 6.61 Å². The smallest absolute Gasteiger partial charge is 0.170 e. The minimum Gasteiger partial charge on any atom is -0.396 e. The molecule has 1 atom stereocenters.